The van der Waals surface area contributed by atoms with Crippen molar-refractivity contribution in [3.8, 4) is 5.82 Å². The van der Waals surface area contributed by atoms with Gasteiger partial charge in [0, 0.05) is 37.0 Å². The standard InChI is InChI=1S/C26H33FN6O3.H2S/c1-16-7-18-10-28-33(26-9-25(29-17(2)30-26)32-5-6-36-20(11-32)13-34)24(18)8-22(16)21-3-4-31(12-23(21)27)19-14-35-15-19;/h7-10,19-21,23,34H,3-6,11-15H2,1-2H3;1H2/t20-,21?,23?;/m0./s1. The first-order valence-corrected chi connectivity index (χ1v) is 12.8. The van der Waals surface area contributed by atoms with Gasteiger partial charge in [0.15, 0.2) is 5.82 Å². The average molecular weight is 531 g/mol. The quantitative estimate of drug-likeness (QED) is 0.538. The summed E-state index contributed by atoms with van der Waals surface area (Å²) in [5.74, 6) is 1.96. The Labute approximate surface area is 223 Å². The summed E-state index contributed by atoms with van der Waals surface area (Å²) in [6, 6.07) is 6.50. The highest BCUT2D eigenvalue weighted by atomic mass is 32.1. The number of morpholine rings is 1. The lowest BCUT2D eigenvalue weighted by atomic mass is 9.84. The molecule has 200 valence electrons. The molecular weight excluding hydrogens is 495 g/mol. The lowest BCUT2D eigenvalue weighted by Crippen LogP contribution is -2.54. The summed E-state index contributed by atoms with van der Waals surface area (Å²) < 4.78 is 28.2. The van der Waals surface area contributed by atoms with Crippen molar-refractivity contribution < 1.29 is 19.0 Å². The van der Waals surface area contributed by atoms with E-state index in [2.05, 4.69) is 43.9 Å². The molecule has 0 radical (unpaired) electrons. The van der Waals surface area contributed by atoms with Gasteiger partial charge in [0.25, 0.3) is 0 Å². The molecule has 0 amide bonds. The fourth-order valence-electron chi connectivity index (χ4n) is 5.68. The molecule has 9 nitrogen and oxygen atoms in total. The Bertz CT molecular complexity index is 1250. The summed E-state index contributed by atoms with van der Waals surface area (Å²) in [5, 5.41) is 15.2. The van der Waals surface area contributed by atoms with Crippen LogP contribution in [0.25, 0.3) is 16.7 Å². The Balaban J connectivity index is 0.00000280. The SMILES string of the molecule is Cc1nc(N2CCO[C@H](CO)C2)cc(-n2ncc3cc(C)c(C4CCN(C5COC5)CC4F)cc32)n1.S. The maximum atomic E-state index is 15.4. The average Bonchev–Trinajstić information content (AvgIpc) is 3.25. The van der Waals surface area contributed by atoms with Crippen LogP contribution in [0, 0.1) is 13.8 Å². The zero-order valence-corrected chi connectivity index (χ0v) is 22.3. The lowest BCUT2D eigenvalue weighted by Gasteiger charge is -2.43. The number of fused-ring (bicyclic) bond motifs is 1. The zero-order chi connectivity index (χ0) is 24.8. The number of aryl methyl sites for hydroxylation is 2. The minimum absolute atomic E-state index is 0. The lowest BCUT2D eigenvalue weighted by molar-refractivity contribution is -0.0807. The first kappa shape index (κ1) is 26.3. The highest BCUT2D eigenvalue weighted by molar-refractivity contribution is 7.59. The van der Waals surface area contributed by atoms with Gasteiger partial charge in [0.1, 0.15) is 17.8 Å². The molecule has 3 saturated heterocycles. The number of hydrogen-bond donors (Lipinski definition) is 1. The summed E-state index contributed by atoms with van der Waals surface area (Å²) in [6.45, 7) is 8.48. The van der Waals surface area contributed by atoms with Crippen LogP contribution in [0.3, 0.4) is 0 Å². The van der Waals surface area contributed by atoms with E-state index in [4.69, 9.17) is 9.47 Å². The molecule has 0 bridgehead atoms. The normalized spacial score (nSPS) is 25.2. The van der Waals surface area contributed by atoms with E-state index in [1.54, 1.807) is 0 Å². The molecule has 1 aromatic carbocycles. The Hall–Kier alpha value is -2.31. The number of aliphatic hydroxyl groups is 1. The summed E-state index contributed by atoms with van der Waals surface area (Å²) >= 11 is 0. The molecule has 3 atom stereocenters. The van der Waals surface area contributed by atoms with Crippen LogP contribution >= 0.6 is 13.5 Å². The highest BCUT2D eigenvalue weighted by Crippen LogP contribution is 2.36. The van der Waals surface area contributed by atoms with E-state index in [9.17, 15) is 5.11 Å². The van der Waals surface area contributed by atoms with Gasteiger partial charge in [-0.05, 0) is 50.1 Å². The number of rotatable bonds is 5. The van der Waals surface area contributed by atoms with Gasteiger partial charge in [-0.3, -0.25) is 4.90 Å². The van der Waals surface area contributed by atoms with Crippen molar-refractivity contribution >= 4 is 30.2 Å². The number of benzene rings is 1. The third kappa shape index (κ3) is 5.07. The van der Waals surface area contributed by atoms with Crippen molar-refractivity contribution in [2.24, 2.45) is 0 Å². The number of halogens is 1. The third-order valence-electron chi connectivity index (χ3n) is 7.76. The molecule has 11 heteroatoms. The Morgan fingerprint density at radius 3 is 2.62 bits per heavy atom. The van der Waals surface area contributed by atoms with Gasteiger partial charge in [-0.2, -0.15) is 18.6 Å². The molecule has 1 N–H and O–H groups in total. The first-order valence-electron chi connectivity index (χ1n) is 12.8. The second-order valence-electron chi connectivity index (χ2n) is 10.2. The Morgan fingerprint density at radius 1 is 1.08 bits per heavy atom. The maximum Gasteiger partial charge on any atom is 0.159 e. The Morgan fingerprint density at radius 2 is 1.89 bits per heavy atom. The number of aromatic nitrogens is 4. The number of hydrogen-bond acceptors (Lipinski definition) is 8. The molecule has 37 heavy (non-hydrogen) atoms. The zero-order valence-electron chi connectivity index (χ0n) is 21.3. The van der Waals surface area contributed by atoms with Crippen molar-refractivity contribution in [2.45, 2.75) is 44.5 Å². The van der Waals surface area contributed by atoms with E-state index in [1.807, 2.05) is 23.9 Å². The van der Waals surface area contributed by atoms with Crippen LogP contribution in [-0.4, -0.2) is 101 Å². The van der Waals surface area contributed by atoms with Crippen molar-refractivity contribution in [1.82, 2.24) is 24.6 Å². The maximum absolute atomic E-state index is 15.4. The smallest absolute Gasteiger partial charge is 0.159 e. The highest BCUT2D eigenvalue weighted by Gasteiger charge is 2.36. The van der Waals surface area contributed by atoms with Crippen LogP contribution < -0.4 is 4.90 Å². The monoisotopic (exact) mass is 530 g/mol. The predicted molar refractivity (Wildman–Crippen MR) is 144 cm³/mol. The summed E-state index contributed by atoms with van der Waals surface area (Å²) in [4.78, 5) is 13.7. The number of likely N-dealkylation sites (tertiary alicyclic amines) is 1. The van der Waals surface area contributed by atoms with E-state index in [-0.39, 0.29) is 32.1 Å². The molecule has 3 fully saturated rings. The van der Waals surface area contributed by atoms with Crippen LogP contribution in [0.5, 0.6) is 0 Å². The van der Waals surface area contributed by atoms with E-state index in [0.29, 0.717) is 57.1 Å². The summed E-state index contributed by atoms with van der Waals surface area (Å²) in [7, 11) is 0. The van der Waals surface area contributed by atoms with Crippen LogP contribution in [0.15, 0.2) is 24.4 Å². The van der Waals surface area contributed by atoms with Gasteiger partial charge in [-0.25, -0.2) is 19.0 Å². The molecule has 0 aliphatic carbocycles. The topological polar surface area (TPSA) is 88.8 Å². The minimum atomic E-state index is -0.916. The van der Waals surface area contributed by atoms with Crippen molar-refractivity contribution in [3.63, 3.8) is 0 Å². The molecule has 2 aromatic heterocycles. The molecule has 5 heterocycles. The first-order chi connectivity index (χ1) is 17.5. The van der Waals surface area contributed by atoms with E-state index < -0.39 is 6.17 Å². The number of piperidine rings is 1. The molecular formula is C26H35FN6O3S. The van der Waals surface area contributed by atoms with Gasteiger partial charge in [-0.15, -0.1) is 0 Å². The van der Waals surface area contributed by atoms with Crippen molar-refractivity contribution in [1.29, 1.82) is 0 Å². The Kier molecular flexibility index (Phi) is 7.69. The molecule has 3 aliphatic heterocycles. The van der Waals surface area contributed by atoms with Gasteiger partial charge in [-0.1, -0.05) is 0 Å². The van der Waals surface area contributed by atoms with E-state index in [1.165, 1.54) is 0 Å². The predicted octanol–water partition coefficient (Wildman–Crippen LogP) is 2.27. The van der Waals surface area contributed by atoms with Crippen LogP contribution in [0.2, 0.25) is 0 Å². The van der Waals surface area contributed by atoms with Crippen LogP contribution in [0.4, 0.5) is 10.2 Å². The second-order valence-corrected chi connectivity index (χ2v) is 10.2. The number of alkyl halides is 1. The van der Waals surface area contributed by atoms with Crippen LogP contribution in [0.1, 0.15) is 29.3 Å². The molecule has 0 saturated carbocycles. The number of ether oxygens (including phenoxy) is 2. The molecule has 2 unspecified atom stereocenters. The van der Waals surface area contributed by atoms with E-state index in [0.717, 1.165) is 40.8 Å². The minimum Gasteiger partial charge on any atom is -0.394 e. The summed E-state index contributed by atoms with van der Waals surface area (Å²) in [5.41, 5.74) is 3.06. The summed E-state index contributed by atoms with van der Waals surface area (Å²) in [6.07, 6.45) is 1.48. The molecule has 0 spiro atoms. The number of anilines is 1. The van der Waals surface area contributed by atoms with Crippen LogP contribution in [-0.2, 0) is 9.47 Å². The second kappa shape index (κ2) is 10.8. The van der Waals surface area contributed by atoms with Crippen molar-refractivity contribution in [3.05, 3.63) is 41.3 Å². The van der Waals surface area contributed by atoms with Gasteiger partial charge >= 0.3 is 0 Å². The van der Waals surface area contributed by atoms with Crippen molar-refractivity contribution in [2.75, 3.05) is 57.5 Å². The fraction of sp³-hybridized carbons (Fsp3) is 0.577. The number of aliphatic hydroxyl groups excluding tert-OH is 1. The molecule has 3 aliphatic rings. The van der Waals surface area contributed by atoms with E-state index >= 15 is 4.39 Å². The van der Waals surface area contributed by atoms with Gasteiger partial charge in [0.05, 0.1) is 50.3 Å². The fourth-order valence-corrected chi connectivity index (χ4v) is 5.68. The van der Waals surface area contributed by atoms with Gasteiger partial charge in [0.2, 0.25) is 0 Å². The molecule has 3 aromatic rings. The number of nitrogens with zero attached hydrogens (tertiary/aromatic N) is 6. The third-order valence-corrected chi connectivity index (χ3v) is 7.76. The van der Waals surface area contributed by atoms with Gasteiger partial charge < -0.3 is 19.5 Å². The molecule has 6 rings (SSSR count). The largest absolute Gasteiger partial charge is 0.394 e.